The topological polar surface area (TPSA) is 75.2 Å². The predicted molar refractivity (Wildman–Crippen MR) is 138 cm³/mol. The van der Waals surface area contributed by atoms with Gasteiger partial charge in [0.05, 0.1) is 0 Å². The maximum atomic E-state index is 13.0. The molecule has 33 heavy (non-hydrogen) atoms. The zero-order valence-corrected chi connectivity index (χ0v) is 21.4. The predicted octanol–water partition coefficient (Wildman–Crippen LogP) is 6.19. The van der Waals surface area contributed by atoms with Crippen molar-refractivity contribution in [3.8, 4) is 10.6 Å². The summed E-state index contributed by atoms with van der Waals surface area (Å²) in [6.07, 6.45) is 4.35. The Kier molecular flexibility index (Phi) is 9.57. The summed E-state index contributed by atoms with van der Waals surface area (Å²) in [6.45, 7) is 5.16. The van der Waals surface area contributed by atoms with Crippen molar-refractivity contribution in [1.29, 1.82) is 0 Å². The summed E-state index contributed by atoms with van der Waals surface area (Å²) in [4.78, 5) is 27.2. The van der Waals surface area contributed by atoms with Crippen LogP contribution in [0.15, 0.2) is 53.0 Å². The van der Waals surface area contributed by atoms with Crippen molar-refractivity contribution in [3.63, 3.8) is 0 Å². The summed E-state index contributed by atoms with van der Waals surface area (Å²) < 4.78 is 0.989. The van der Waals surface area contributed by atoms with Gasteiger partial charge in [-0.2, -0.15) is 0 Å². The Morgan fingerprint density at radius 3 is 2.36 bits per heavy atom. The van der Waals surface area contributed by atoms with Gasteiger partial charge in [-0.15, -0.1) is 10.2 Å². The van der Waals surface area contributed by atoms with Crippen molar-refractivity contribution < 1.29 is 9.59 Å². The molecule has 0 spiro atoms. The highest BCUT2D eigenvalue weighted by molar-refractivity contribution is 9.10. The second-order valence-electron chi connectivity index (χ2n) is 7.81. The zero-order chi connectivity index (χ0) is 23.6. The lowest BCUT2D eigenvalue weighted by atomic mass is 10.1. The lowest BCUT2D eigenvalue weighted by Gasteiger charge is -2.22. The van der Waals surface area contributed by atoms with Crippen LogP contribution >= 0.6 is 27.3 Å². The molecule has 1 N–H and O–H groups in total. The molecule has 0 aliphatic heterocycles. The van der Waals surface area contributed by atoms with E-state index in [1.807, 2.05) is 55.5 Å². The SMILES string of the molecule is CCCCc1ccc(C(=O)N(CCC)CCC(=O)Nc2nnc(-c3ccc(Br)cc3)s2)cc1. The number of nitrogens with one attached hydrogen (secondary N) is 1. The second kappa shape index (κ2) is 12.6. The van der Waals surface area contributed by atoms with Gasteiger partial charge in [0.25, 0.3) is 5.91 Å². The van der Waals surface area contributed by atoms with Crippen molar-refractivity contribution in [2.45, 2.75) is 46.0 Å². The Morgan fingerprint density at radius 2 is 1.70 bits per heavy atom. The lowest BCUT2D eigenvalue weighted by Crippen LogP contribution is -2.34. The summed E-state index contributed by atoms with van der Waals surface area (Å²) in [5.41, 5.74) is 2.85. The average molecular weight is 530 g/mol. The third kappa shape index (κ3) is 7.47. The van der Waals surface area contributed by atoms with Crippen LogP contribution in [0.5, 0.6) is 0 Å². The molecule has 0 aliphatic rings. The molecule has 2 amide bonds. The molecule has 8 heteroatoms. The van der Waals surface area contributed by atoms with E-state index in [0.29, 0.717) is 23.8 Å². The van der Waals surface area contributed by atoms with Crippen LogP contribution < -0.4 is 5.32 Å². The van der Waals surface area contributed by atoms with Crippen LogP contribution in [0.4, 0.5) is 5.13 Å². The van der Waals surface area contributed by atoms with Crippen LogP contribution in [0, 0.1) is 0 Å². The van der Waals surface area contributed by atoms with Crippen LogP contribution in [0.25, 0.3) is 10.6 Å². The fourth-order valence-corrected chi connectivity index (χ4v) is 4.39. The molecular weight excluding hydrogens is 500 g/mol. The summed E-state index contributed by atoms with van der Waals surface area (Å²) in [6, 6.07) is 15.6. The Bertz CT molecular complexity index is 1050. The van der Waals surface area contributed by atoms with E-state index in [1.54, 1.807) is 4.90 Å². The maximum absolute atomic E-state index is 13.0. The first-order chi connectivity index (χ1) is 16.0. The van der Waals surface area contributed by atoms with Crippen molar-refractivity contribution >= 4 is 44.2 Å². The lowest BCUT2D eigenvalue weighted by molar-refractivity contribution is -0.116. The van der Waals surface area contributed by atoms with Crippen LogP contribution in [0.2, 0.25) is 0 Å². The molecule has 3 rings (SSSR count). The van der Waals surface area contributed by atoms with Gasteiger partial charge in [0, 0.05) is 35.1 Å². The average Bonchev–Trinajstić information content (AvgIpc) is 3.29. The molecule has 1 aromatic heterocycles. The van der Waals surface area contributed by atoms with E-state index in [0.717, 1.165) is 40.7 Å². The molecule has 174 valence electrons. The standard InChI is InChI=1S/C25H29BrN4O2S/c1-3-5-6-18-7-9-20(10-8-18)24(32)30(16-4-2)17-15-22(31)27-25-29-28-23(33-25)19-11-13-21(26)14-12-19/h7-14H,3-6,15-17H2,1-2H3,(H,27,29,31). The number of rotatable bonds is 11. The van der Waals surface area contributed by atoms with Gasteiger partial charge in [-0.05, 0) is 49.1 Å². The molecule has 0 bridgehead atoms. The minimum atomic E-state index is -0.183. The fraction of sp³-hybridized carbons (Fsp3) is 0.360. The number of aryl methyl sites for hydroxylation is 1. The van der Waals surface area contributed by atoms with Gasteiger partial charge in [0.1, 0.15) is 5.01 Å². The first kappa shape index (κ1) is 25.1. The van der Waals surface area contributed by atoms with Gasteiger partial charge >= 0.3 is 0 Å². The smallest absolute Gasteiger partial charge is 0.253 e. The highest BCUT2D eigenvalue weighted by Crippen LogP contribution is 2.27. The molecule has 2 aromatic carbocycles. The molecule has 0 unspecified atom stereocenters. The molecule has 0 atom stereocenters. The molecule has 0 saturated heterocycles. The van der Waals surface area contributed by atoms with Crippen LogP contribution in [-0.2, 0) is 11.2 Å². The number of carbonyl (C=O) groups excluding carboxylic acids is 2. The number of benzene rings is 2. The van der Waals surface area contributed by atoms with E-state index in [-0.39, 0.29) is 18.2 Å². The van der Waals surface area contributed by atoms with E-state index in [2.05, 4.69) is 38.4 Å². The van der Waals surface area contributed by atoms with Crippen molar-refractivity contribution in [2.24, 2.45) is 0 Å². The number of halogens is 1. The normalized spacial score (nSPS) is 10.8. The number of aromatic nitrogens is 2. The molecule has 0 radical (unpaired) electrons. The summed E-state index contributed by atoms with van der Waals surface area (Å²) in [5, 5.41) is 12.2. The number of amides is 2. The minimum Gasteiger partial charge on any atom is -0.338 e. The largest absolute Gasteiger partial charge is 0.338 e. The highest BCUT2D eigenvalue weighted by Gasteiger charge is 2.17. The molecule has 3 aromatic rings. The second-order valence-corrected chi connectivity index (χ2v) is 9.70. The monoisotopic (exact) mass is 528 g/mol. The Labute approximate surface area is 207 Å². The summed E-state index contributed by atoms with van der Waals surface area (Å²) in [5.74, 6) is -0.225. The number of anilines is 1. The summed E-state index contributed by atoms with van der Waals surface area (Å²) in [7, 11) is 0. The van der Waals surface area contributed by atoms with E-state index in [4.69, 9.17) is 0 Å². The number of hydrogen-bond acceptors (Lipinski definition) is 5. The van der Waals surface area contributed by atoms with Gasteiger partial charge in [0.2, 0.25) is 11.0 Å². The minimum absolute atomic E-state index is 0.0415. The molecule has 0 aliphatic carbocycles. The van der Waals surface area contributed by atoms with Crippen LogP contribution in [0.1, 0.15) is 55.5 Å². The number of hydrogen-bond donors (Lipinski definition) is 1. The van der Waals surface area contributed by atoms with Crippen molar-refractivity contribution in [3.05, 3.63) is 64.1 Å². The number of unbranched alkanes of at least 4 members (excludes halogenated alkanes) is 1. The Balaban J connectivity index is 1.55. The molecule has 0 saturated carbocycles. The van der Waals surface area contributed by atoms with Crippen molar-refractivity contribution in [2.75, 3.05) is 18.4 Å². The summed E-state index contributed by atoms with van der Waals surface area (Å²) >= 11 is 4.74. The fourth-order valence-electron chi connectivity index (χ4n) is 3.36. The third-order valence-electron chi connectivity index (χ3n) is 5.17. The van der Waals surface area contributed by atoms with E-state index in [9.17, 15) is 9.59 Å². The Morgan fingerprint density at radius 1 is 0.970 bits per heavy atom. The van der Waals surface area contributed by atoms with Gasteiger partial charge in [0.15, 0.2) is 0 Å². The Hall–Kier alpha value is -2.58. The van der Waals surface area contributed by atoms with Gasteiger partial charge in [-0.1, -0.05) is 71.8 Å². The van der Waals surface area contributed by atoms with Crippen LogP contribution in [0.3, 0.4) is 0 Å². The van der Waals surface area contributed by atoms with Crippen LogP contribution in [-0.4, -0.2) is 40.0 Å². The highest BCUT2D eigenvalue weighted by atomic mass is 79.9. The molecular formula is C25H29BrN4O2S. The quantitative estimate of drug-likeness (QED) is 0.321. The first-order valence-electron chi connectivity index (χ1n) is 11.3. The van der Waals surface area contributed by atoms with Gasteiger partial charge in [-0.25, -0.2) is 0 Å². The number of nitrogens with zero attached hydrogens (tertiary/aromatic N) is 3. The molecule has 1 heterocycles. The zero-order valence-electron chi connectivity index (χ0n) is 19.0. The van der Waals surface area contributed by atoms with Gasteiger partial charge in [-0.3, -0.25) is 9.59 Å². The van der Waals surface area contributed by atoms with E-state index >= 15 is 0 Å². The maximum Gasteiger partial charge on any atom is 0.253 e. The first-order valence-corrected chi connectivity index (χ1v) is 12.9. The van der Waals surface area contributed by atoms with Crippen molar-refractivity contribution in [1.82, 2.24) is 15.1 Å². The van der Waals surface area contributed by atoms with E-state index in [1.165, 1.54) is 16.9 Å². The molecule has 0 fully saturated rings. The van der Waals surface area contributed by atoms with Gasteiger partial charge < -0.3 is 10.2 Å². The van der Waals surface area contributed by atoms with E-state index < -0.39 is 0 Å². The third-order valence-corrected chi connectivity index (χ3v) is 6.59. The number of carbonyl (C=O) groups is 2. The molecule has 6 nitrogen and oxygen atoms in total.